The van der Waals surface area contributed by atoms with Crippen LogP contribution in [0.2, 0.25) is 0 Å². The molecule has 0 spiro atoms. The summed E-state index contributed by atoms with van der Waals surface area (Å²) in [6.07, 6.45) is 2.60. The first-order valence-corrected chi connectivity index (χ1v) is 7.62. The van der Waals surface area contributed by atoms with Crippen molar-refractivity contribution in [3.8, 4) is 0 Å². The van der Waals surface area contributed by atoms with Crippen LogP contribution in [0.1, 0.15) is 33.6 Å². The smallest absolute Gasteiger partial charge is 0.228 e. The average molecular weight is 268 g/mol. The monoisotopic (exact) mass is 268 g/mol. The van der Waals surface area contributed by atoms with Gasteiger partial charge in [-0.25, -0.2) is 0 Å². The van der Waals surface area contributed by atoms with E-state index >= 15 is 0 Å². The van der Waals surface area contributed by atoms with Crippen molar-refractivity contribution < 1.29 is 9.53 Å². The highest BCUT2D eigenvalue weighted by Crippen LogP contribution is 2.33. The molecule has 0 radical (unpaired) electrons. The topological polar surface area (TPSA) is 41.6 Å². The van der Waals surface area contributed by atoms with Crippen molar-refractivity contribution in [3.05, 3.63) is 0 Å². The van der Waals surface area contributed by atoms with E-state index in [0.717, 1.165) is 19.6 Å². The Bertz CT molecular complexity index is 315. The second-order valence-corrected chi connectivity index (χ2v) is 6.34. The van der Waals surface area contributed by atoms with Gasteiger partial charge in [0.2, 0.25) is 5.91 Å². The van der Waals surface area contributed by atoms with E-state index in [2.05, 4.69) is 19.2 Å². The summed E-state index contributed by atoms with van der Waals surface area (Å²) in [6, 6.07) is 0. The Morgan fingerprint density at radius 1 is 1.21 bits per heavy atom. The SMILES string of the molecule is CC1OC(C)C(C(=O)N(C)CC2CCNCC2)C1C. The summed E-state index contributed by atoms with van der Waals surface area (Å²) in [5.74, 6) is 1.27. The van der Waals surface area contributed by atoms with Crippen LogP contribution in [0, 0.1) is 17.8 Å². The quantitative estimate of drug-likeness (QED) is 0.843. The van der Waals surface area contributed by atoms with Crippen LogP contribution in [0.15, 0.2) is 0 Å². The predicted molar refractivity (Wildman–Crippen MR) is 75.9 cm³/mol. The van der Waals surface area contributed by atoms with Crippen LogP contribution in [0.25, 0.3) is 0 Å². The zero-order chi connectivity index (χ0) is 14.0. The van der Waals surface area contributed by atoms with Crippen LogP contribution >= 0.6 is 0 Å². The van der Waals surface area contributed by atoms with Crippen molar-refractivity contribution >= 4 is 5.91 Å². The van der Waals surface area contributed by atoms with Gasteiger partial charge in [0.1, 0.15) is 0 Å². The van der Waals surface area contributed by atoms with E-state index in [1.54, 1.807) is 0 Å². The number of amides is 1. The van der Waals surface area contributed by atoms with Crippen LogP contribution in [0.5, 0.6) is 0 Å². The summed E-state index contributed by atoms with van der Waals surface area (Å²) in [6.45, 7) is 9.30. The number of carbonyl (C=O) groups is 1. The van der Waals surface area contributed by atoms with Crippen LogP contribution in [-0.4, -0.2) is 49.7 Å². The van der Waals surface area contributed by atoms with Gasteiger partial charge in [-0.1, -0.05) is 6.92 Å². The molecule has 2 heterocycles. The Kier molecular flexibility index (Phi) is 4.85. The van der Waals surface area contributed by atoms with Gasteiger partial charge in [-0.05, 0) is 51.6 Å². The standard InChI is InChI=1S/C15H28N2O2/c1-10-11(2)19-12(3)14(10)15(18)17(4)9-13-5-7-16-8-6-13/h10-14,16H,5-9H2,1-4H3. The van der Waals surface area contributed by atoms with Gasteiger partial charge in [0.15, 0.2) is 0 Å². The molecule has 0 bridgehead atoms. The highest BCUT2D eigenvalue weighted by atomic mass is 16.5. The number of hydrogen-bond acceptors (Lipinski definition) is 3. The van der Waals surface area contributed by atoms with Crippen molar-refractivity contribution in [2.24, 2.45) is 17.8 Å². The summed E-state index contributed by atoms with van der Waals surface area (Å²) in [7, 11) is 1.95. The van der Waals surface area contributed by atoms with Gasteiger partial charge in [-0.15, -0.1) is 0 Å². The number of hydrogen-bond donors (Lipinski definition) is 1. The number of rotatable bonds is 3. The lowest BCUT2D eigenvalue weighted by atomic mass is 9.88. The minimum atomic E-state index is 0.0294. The lowest BCUT2D eigenvalue weighted by Gasteiger charge is -2.30. The fourth-order valence-electron chi connectivity index (χ4n) is 3.49. The molecule has 2 rings (SSSR count). The van der Waals surface area contributed by atoms with Crippen molar-refractivity contribution in [2.75, 3.05) is 26.7 Å². The second kappa shape index (κ2) is 6.23. The van der Waals surface area contributed by atoms with Gasteiger partial charge in [0.25, 0.3) is 0 Å². The molecule has 4 unspecified atom stereocenters. The molecule has 4 nitrogen and oxygen atoms in total. The molecule has 0 aromatic carbocycles. The number of piperidine rings is 1. The van der Waals surface area contributed by atoms with E-state index in [0.29, 0.717) is 11.8 Å². The van der Waals surface area contributed by atoms with Crippen molar-refractivity contribution in [2.45, 2.75) is 45.8 Å². The first-order valence-electron chi connectivity index (χ1n) is 7.62. The lowest BCUT2D eigenvalue weighted by Crippen LogP contribution is -2.42. The molecule has 0 aromatic heterocycles. The molecule has 1 N–H and O–H groups in total. The highest BCUT2D eigenvalue weighted by Gasteiger charge is 2.42. The van der Waals surface area contributed by atoms with Gasteiger partial charge >= 0.3 is 0 Å². The first-order chi connectivity index (χ1) is 9.00. The van der Waals surface area contributed by atoms with Crippen LogP contribution < -0.4 is 5.32 Å². The molecule has 0 aliphatic carbocycles. The maximum absolute atomic E-state index is 12.6. The third-order valence-corrected chi connectivity index (χ3v) is 4.89. The molecule has 4 atom stereocenters. The molecule has 2 aliphatic heterocycles. The normalized spacial score (nSPS) is 36.4. The highest BCUT2D eigenvalue weighted by molar-refractivity contribution is 5.79. The number of nitrogens with one attached hydrogen (secondary N) is 1. The summed E-state index contributed by atoms with van der Waals surface area (Å²) >= 11 is 0. The average Bonchev–Trinajstić information content (AvgIpc) is 2.63. The van der Waals surface area contributed by atoms with Gasteiger partial charge in [0, 0.05) is 13.6 Å². The summed E-state index contributed by atoms with van der Waals surface area (Å²) in [4.78, 5) is 14.6. The maximum atomic E-state index is 12.6. The van der Waals surface area contributed by atoms with Crippen molar-refractivity contribution in [1.29, 1.82) is 0 Å². The van der Waals surface area contributed by atoms with E-state index in [9.17, 15) is 4.79 Å². The minimum Gasteiger partial charge on any atom is -0.374 e. The zero-order valence-corrected chi connectivity index (χ0v) is 12.7. The van der Waals surface area contributed by atoms with Crippen LogP contribution in [-0.2, 0) is 9.53 Å². The van der Waals surface area contributed by atoms with E-state index < -0.39 is 0 Å². The molecular weight excluding hydrogens is 240 g/mol. The van der Waals surface area contributed by atoms with Crippen LogP contribution in [0.3, 0.4) is 0 Å². The van der Waals surface area contributed by atoms with Crippen LogP contribution in [0.4, 0.5) is 0 Å². The number of nitrogens with zero attached hydrogens (tertiary/aromatic N) is 1. The van der Waals surface area contributed by atoms with Gasteiger partial charge in [-0.3, -0.25) is 4.79 Å². The second-order valence-electron chi connectivity index (χ2n) is 6.34. The molecule has 2 fully saturated rings. The summed E-state index contributed by atoms with van der Waals surface area (Å²) in [5.41, 5.74) is 0. The lowest BCUT2D eigenvalue weighted by molar-refractivity contribution is -0.137. The first kappa shape index (κ1) is 14.8. The molecule has 1 amide bonds. The van der Waals surface area contributed by atoms with E-state index in [1.165, 1.54) is 12.8 Å². The molecule has 110 valence electrons. The summed E-state index contributed by atoms with van der Waals surface area (Å²) in [5, 5.41) is 3.37. The zero-order valence-electron chi connectivity index (χ0n) is 12.7. The van der Waals surface area contributed by atoms with Crippen molar-refractivity contribution in [1.82, 2.24) is 10.2 Å². The third kappa shape index (κ3) is 3.29. The Balaban J connectivity index is 1.91. The Morgan fingerprint density at radius 3 is 2.37 bits per heavy atom. The molecule has 0 aromatic rings. The molecule has 4 heteroatoms. The number of ether oxygens (including phenoxy) is 1. The molecule has 2 aliphatic rings. The third-order valence-electron chi connectivity index (χ3n) is 4.89. The molecule has 0 saturated carbocycles. The Labute approximate surface area is 116 Å². The van der Waals surface area contributed by atoms with E-state index in [-0.39, 0.29) is 24.0 Å². The fourth-order valence-corrected chi connectivity index (χ4v) is 3.49. The molecule has 2 saturated heterocycles. The van der Waals surface area contributed by atoms with Gasteiger partial charge in [0.05, 0.1) is 18.1 Å². The van der Waals surface area contributed by atoms with Gasteiger partial charge < -0.3 is 15.0 Å². The summed E-state index contributed by atoms with van der Waals surface area (Å²) < 4.78 is 5.79. The molecular formula is C15H28N2O2. The minimum absolute atomic E-state index is 0.0294. The van der Waals surface area contributed by atoms with Crippen molar-refractivity contribution in [3.63, 3.8) is 0 Å². The fraction of sp³-hybridized carbons (Fsp3) is 0.933. The van der Waals surface area contributed by atoms with E-state index in [1.807, 2.05) is 18.9 Å². The predicted octanol–water partition coefficient (Wildman–Crippen LogP) is 1.50. The van der Waals surface area contributed by atoms with E-state index in [4.69, 9.17) is 4.74 Å². The Hall–Kier alpha value is -0.610. The molecule has 19 heavy (non-hydrogen) atoms. The maximum Gasteiger partial charge on any atom is 0.228 e. The Morgan fingerprint density at radius 2 is 1.84 bits per heavy atom. The number of carbonyl (C=O) groups excluding carboxylic acids is 1. The largest absolute Gasteiger partial charge is 0.374 e. The van der Waals surface area contributed by atoms with Gasteiger partial charge in [-0.2, -0.15) is 0 Å².